The van der Waals surface area contributed by atoms with E-state index in [1.807, 2.05) is 48.3 Å². The third-order valence-corrected chi connectivity index (χ3v) is 5.16. The van der Waals surface area contributed by atoms with Gasteiger partial charge in [0.1, 0.15) is 12.4 Å². The number of para-hydroxylation sites is 1. The number of nitrogens with one attached hydrogen (secondary N) is 1. The fraction of sp³-hybridized carbons (Fsp3) is 0.409. The predicted octanol–water partition coefficient (Wildman–Crippen LogP) is 3.65. The molecule has 2 aromatic carbocycles. The van der Waals surface area contributed by atoms with Crippen LogP contribution >= 0.6 is 0 Å². The van der Waals surface area contributed by atoms with Crippen LogP contribution < -0.4 is 10.1 Å². The van der Waals surface area contributed by atoms with Crippen molar-refractivity contribution in [2.24, 2.45) is 5.92 Å². The number of benzene rings is 2. The highest BCUT2D eigenvalue weighted by atomic mass is 16.5. The molecule has 1 heterocycles. The number of likely N-dealkylation sites (tertiary alicyclic amines) is 1. The van der Waals surface area contributed by atoms with Crippen LogP contribution in [0.2, 0.25) is 0 Å². The number of piperidine rings is 1. The molecule has 3 rings (SSSR count). The van der Waals surface area contributed by atoms with Crippen molar-refractivity contribution in [2.75, 3.05) is 26.7 Å². The number of hydrogen-bond acceptors (Lipinski definition) is 3. The van der Waals surface area contributed by atoms with E-state index in [0.717, 1.165) is 38.0 Å². The van der Waals surface area contributed by atoms with E-state index >= 15 is 0 Å². The summed E-state index contributed by atoms with van der Waals surface area (Å²) in [5.41, 5.74) is 3.00. The van der Waals surface area contributed by atoms with Crippen LogP contribution in [0.5, 0.6) is 5.75 Å². The minimum Gasteiger partial charge on any atom is -0.488 e. The number of hydrogen-bond donors (Lipinski definition) is 1. The zero-order valence-electron chi connectivity index (χ0n) is 15.7. The van der Waals surface area contributed by atoms with Gasteiger partial charge in [0.15, 0.2) is 0 Å². The average Bonchev–Trinajstić information content (AvgIpc) is 2.68. The van der Waals surface area contributed by atoms with Crippen LogP contribution in [0.15, 0.2) is 48.5 Å². The Bertz CT molecular complexity index is 736. The van der Waals surface area contributed by atoms with E-state index in [9.17, 15) is 4.79 Å². The summed E-state index contributed by atoms with van der Waals surface area (Å²) in [5, 5.41) is 3.24. The maximum absolute atomic E-state index is 13.0. The Balaban J connectivity index is 1.67. The van der Waals surface area contributed by atoms with Crippen molar-refractivity contribution < 1.29 is 9.53 Å². The van der Waals surface area contributed by atoms with Crippen LogP contribution in [0.25, 0.3) is 0 Å². The predicted molar refractivity (Wildman–Crippen MR) is 105 cm³/mol. The van der Waals surface area contributed by atoms with Crippen LogP contribution in [0.4, 0.5) is 0 Å². The van der Waals surface area contributed by atoms with E-state index in [1.54, 1.807) is 0 Å². The topological polar surface area (TPSA) is 41.6 Å². The highest BCUT2D eigenvalue weighted by molar-refractivity contribution is 5.97. The van der Waals surface area contributed by atoms with Gasteiger partial charge in [0, 0.05) is 13.1 Å². The Morgan fingerprint density at radius 1 is 1.12 bits per heavy atom. The second-order valence-corrected chi connectivity index (χ2v) is 7.00. The highest BCUT2D eigenvalue weighted by Gasteiger charge is 2.25. The fourth-order valence-electron chi connectivity index (χ4n) is 3.50. The van der Waals surface area contributed by atoms with E-state index < -0.39 is 0 Å². The van der Waals surface area contributed by atoms with E-state index in [4.69, 9.17) is 4.74 Å². The molecule has 1 aliphatic rings. The number of amides is 1. The fourth-order valence-corrected chi connectivity index (χ4v) is 3.50. The summed E-state index contributed by atoms with van der Waals surface area (Å²) in [7, 11) is 1.99. The van der Waals surface area contributed by atoms with Gasteiger partial charge in [0.05, 0.1) is 5.56 Å². The molecular formula is C22H28N2O2. The highest BCUT2D eigenvalue weighted by Crippen LogP contribution is 2.24. The van der Waals surface area contributed by atoms with Gasteiger partial charge in [0.2, 0.25) is 0 Å². The number of aryl methyl sites for hydroxylation is 1. The first-order valence-corrected chi connectivity index (χ1v) is 9.39. The monoisotopic (exact) mass is 352 g/mol. The Kier molecular flexibility index (Phi) is 6.29. The molecule has 0 radical (unpaired) electrons. The Hall–Kier alpha value is -2.33. The number of carbonyl (C=O) groups is 1. The van der Waals surface area contributed by atoms with Crippen molar-refractivity contribution in [1.29, 1.82) is 0 Å². The third-order valence-electron chi connectivity index (χ3n) is 5.16. The molecule has 4 nitrogen and oxygen atoms in total. The normalized spacial score (nSPS) is 15.1. The van der Waals surface area contributed by atoms with Crippen molar-refractivity contribution >= 4 is 5.91 Å². The van der Waals surface area contributed by atoms with Gasteiger partial charge in [0.25, 0.3) is 5.91 Å². The molecule has 1 fully saturated rings. The average molecular weight is 352 g/mol. The second kappa shape index (κ2) is 8.86. The van der Waals surface area contributed by atoms with Crippen LogP contribution in [0, 0.1) is 12.8 Å². The first-order valence-electron chi connectivity index (χ1n) is 9.39. The zero-order chi connectivity index (χ0) is 18.4. The van der Waals surface area contributed by atoms with Crippen molar-refractivity contribution in [1.82, 2.24) is 10.2 Å². The second-order valence-electron chi connectivity index (χ2n) is 7.00. The van der Waals surface area contributed by atoms with Crippen molar-refractivity contribution in [2.45, 2.75) is 26.4 Å². The molecule has 0 aliphatic carbocycles. The van der Waals surface area contributed by atoms with E-state index in [-0.39, 0.29) is 5.91 Å². The lowest BCUT2D eigenvalue weighted by molar-refractivity contribution is 0.0686. The minimum absolute atomic E-state index is 0.0771. The van der Waals surface area contributed by atoms with Gasteiger partial charge in [-0.25, -0.2) is 0 Å². The first kappa shape index (κ1) is 18.5. The van der Waals surface area contributed by atoms with E-state index in [0.29, 0.717) is 23.8 Å². The van der Waals surface area contributed by atoms with Gasteiger partial charge < -0.3 is 15.0 Å². The number of ether oxygens (including phenoxy) is 1. The third kappa shape index (κ3) is 4.44. The summed E-state index contributed by atoms with van der Waals surface area (Å²) in [4.78, 5) is 15.0. The maximum Gasteiger partial charge on any atom is 0.257 e. The molecule has 26 heavy (non-hydrogen) atoms. The van der Waals surface area contributed by atoms with Crippen molar-refractivity contribution in [3.05, 3.63) is 65.2 Å². The largest absolute Gasteiger partial charge is 0.488 e. The van der Waals surface area contributed by atoms with Crippen LogP contribution in [-0.4, -0.2) is 37.5 Å². The first-order chi connectivity index (χ1) is 12.7. The molecular weight excluding hydrogens is 324 g/mol. The molecule has 0 spiro atoms. The molecule has 0 saturated carbocycles. The van der Waals surface area contributed by atoms with Crippen LogP contribution in [0.1, 0.15) is 34.3 Å². The SMILES string of the molecule is CNCC1CCN(C(=O)c2ccccc2OCc2ccccc2C)CC1. The summed E-state index contributed by atoms with van der Waals surface area (Å²) in [5.74, 6) is 1.41. The van der Waals surface area contributed by atoms with Crippen LogP contribution in [-0.2, 0) is 6.61 Å². The smallest absolute Gasteiger partial charge is 0.257 e. The lowest BCUT2D eigenvalue weighted by Crippen LogP contribution is -2.40. The van der Waals surface area contributed by atoms with Gasteiger partial charge in [-0.15, -0.1) is 0 Å². The Morgan fingerprint density at radius 2 is 1.81 bits per heavy atom. The standard InChI is InChI=1S/C22H28N2O2/c1-17-7-3-4-8-19(17)16-26-21-10-6-5-9-20(21)22(25)24-13-11-18(12-14-24)15-23-2/h3-10,18,23H,11-16H2,1-2H3. The molecule has 0 atom stereocenters. The molecule has 1 saturated heterocycles. The van der Waals surface area contributed by atoms with E-state index in [2.05, 4.69) is 24.4 Å². The van der Waals surface area contributed by atoms with Gasteiger partial charge >= 0.3 is 0 Å². The molecule has 0 unspecified atom stereocenters. The molecule has 0 bridgehead atoms. The van der Waals surface area contributed by atoms with Gasteiger partial charge in [-0.1, -0.05) is 36.4 Å². The van der Waals surface area contributed by atoms with Gasteiger partial charge in [-0.05, 0) is 62.5 Å². The number of rotatable bonds is 6. The Labute approximate surface area is 156 Å². The zero-order valence-corrected chi connectivity index (χ0v) is 15.7. The van der Waals surface area contributed by atoms with Gasteiger partial charge in [-0.2, -0.15) is 0 Å². The molecule has 1 aliphatic heterocycles. The van der Waals surface area contributed by atoms with Crippen LogP contribution in [0.3, 0.4) is 0 Å². The minimum atomic E-state index is 0.0771. The quantitative estimate of drug-likeness (QED) is 0.863. The lowest BCUT2D eigenvalue weighted by Gasteiger charge is -2.32. The maximum atomic E-state index is 13.0. The summed E-state index contributed by atoms with van der Waals surface area (Å²) in [6.45, 7) is 5.21. The summed E-state index contributed by atoms with van der Waals surface area (Å²) < 4.78 is 6.02. The summed E-state index contributed by atoms with van der Waals surface area (Å²) in [6, 6.07) is 15.8. The van der Waals surface area contributed by atoms with Gasteiger partial charge in [-0.3, -0.25) is 4.79 Å². The molecule has 0 aromatic heterocycles. The van der Waals surface area contributed by atoms with Crippen molar-refractivity contribution in [3.8, 4) is 5.75 Å². The molecule has 138 valence electrons. The molecule has 4 heteroatoms. The summed E-state index contributed by atoms with van der Waals surface area (Å²) in [6.07, 6.45) is 2.11. The number of carbonyl (C=O) groups excluding carboxylic acids is 1. The van der Waals surface area contributed by atoms with Crippen molar-refractivity contribution in [3.63, 3.8) is 0 Å². The summed E-state index contributed by atoms with van der Waals surface area (Å²) >= 11 is 0. The molecule has 1 amide bonds. The molecule has 2 aromatic rings. The Morgan fingerprint density at radius 3 is 2.54 bits per heavy atom. The molecule has 1 N–H and O–H groups in total. The lowest BCUT2D eigenvalue weighted by atomic mass is 9.96. The number of nitrogens with zero attached hydrogens (tertiary/aromatic N) is 1. The van der Waals surface area contributed by atoms with E-state index in [1.165, 1.54) is 5.56 Å².